The number of aromatic nitrogens is 2. The maximum absolute atomic E-state index is 14.1. The van der Waals surface area contributed by atoms with Crippen LogP contribution >= 0.6 is 15.9 Å². The normalized spacial score (nSPS) is 12.6. The second kappa shape index (κ2) is 7.71. The topological polar surface area (TPSA) is 29.9 Å². The minimum atomic E-state index is -0.156. The van der Waals surface area contributed by atoms with Crippen molar-refractivity contribution in [2.75, 3.05) is 6.54 Å². The largest absolute Gasteiger partial charge is 0.310 e. The Kier molecular flexibility index (Phi) is 5.94. The summed E-state index contributed by atoms with van der Waals surface area (Å²) in [4.78, 5) is 0. The monoisotopic (exact) mass is 353 g/mol. The predicted molar refractivity (Wildman–Crippen MR) is 86.7 cm³/mol. The number of hydrogen-bond donors (Lipinski definition) is 1. The molecule has 0 bridgehead atoms. The Labute approximate surface area is 133 Å². The summed E-state index contributed by atoms with van der Waals surface area (Å²) >= 11 is 3.43. The van der Waals surface area contributed by atoms with Crippen LogP contribution in [0, 0.1) is 5.82 Å². The quantitative estimate of drug-likeness (QED) is 0.815. The molecule has 2 aromatic rings. The van der Waals surface area contributed by atoms with E-state index in [0.29, 0.717) is 0 Å². The van der Waals surface area contributed by atoms with E-state index in [9.17, 15) is 4.39 Å². The lowest BCUT2D eigenvalue weighted by molar-refractivity contribution is 0.468. The van der Waals surface area contributed by atoms with Crippen molar-refractivity contribution in [3.8, 4) is 0 Å². The maximum atomic E-state index is 14.1. The summed E-state index contributed by atoms with van der Waals surface area (Å²) in [5.74, 6) is -0.156. The van der Waals surface area contributed by atoms with Gasteiger partial charge in [-0.2, -0.15) is 5.10 Å². The van der Waals surface area contributed by atoms with Gasteiger partial charge in [-0.25, -0.2) is 4.39 Å². The molecule has 0 aliphatic carbocycles. The van der Waals surface area contributed by atoms with Crippen molar-refractivity contribution in [1.82, 2.24) is 15.1 Å². The van der Waals surface area contributed by atoms with Gasteiger partial charge in [-0.3, -0.25) is 4.68 Å². The summed E-state index contributed by atoms with van der Waals surface area (Å²) in [5.41, 5.74) is 1.88. The van der Waals surface area contributed by atoms with Crippen LogP contribution in [0.2, 0.25) is 0 Å². The molecule has 0 spiro atoms. The van der Waals surface area contributed by atoms with E-state index in [4.69, 9.17) is 0 Å². The molecule has 2 rings (SSSR count). The fraction of sp³-hybridized carbons (Fsp3) is 0.438. The van der Waals surface area contributed by atoms with E-state index in [-0.39, 0.29) is 11.9 Å². The van der Waals surface area contributed by atoms with Crippen molar-refractivity contribution >= 4 is 15.9 Å². The van der Waals surface area contributed by atoms with Gasteiger partial charge in [-0.05, 0) is 50.1 Å². The molecule has 3 nitrogen and oxygen atoms in total. The fourth-order valence-corrected chi connectivity index (χ4v) is 2.79. The lowest BCUT2D eigenvalue weighted by Gasteiger charge is -2.20. The van der Waals surface area contributed by atoms with E-state index >= 15 is 0 Å². The van der Waals surface area contributed by atoms with Crippen molar-refractivity contribution in [3.05, 3.63) is 52.0 Å². The van der Waals surface area contributed by atoms with Crippen molar-refractivity contribution in [2.24, 2.45) is 7.05 Å². The van der Waals surface area contributed by atoms with E-state index in [1.807, 2.05) is 23.9 Å². The van der Waals surface area contributed by atoms with E-state index in [1.165, 1.54) is 6.07 Å². The zero-order chi connectivity index (χ0) is 15.2. The molecule has 114 valence electrons. The van der Waals surface area contributed by atoms with Gasteiger partial charge < -0.3 is 5.32 Å². The van der Waals surface area contributed by atoms with Crippen LogP contribution in [-0.2, 0) is 13.5 Å². The van der Waals surface area contributed by atoms with E-state index in [1.54, 1.807) is 12.3 Å². The first-order valence-corrected chi connectivity index (χ1v) is 8.06. The first kappa shape index (κ1) is 16.2. The van der Waals surface area contributed by atoms with Crippen LogP contribution in [0.3, 0.4) is 0 Å². The van der Waals surface area contributed by atoms with Crippen molar-refractivity contribution in [3.63, 3.8) is 0 Å². The Balaban J connectivity index is 2.13. The second-order valence-electron chi connectivity index (χ2n) is 5.16. The van der Waals surface area contributed by atoms with Crippen molar-refractivity contribution in [2.45, 2.75) is 32.2 Å². The molecule has 0 radical (unpaired) electrons. The van der Waals surface area contributed by atoms with Crippen LogP contribution in [-0.4, -0.2) is 16.3 Å². The maximum Gasteiger partial charge on any atom is 0.128 e. The van der Waals surface area contributed by atoms with Crippen LogP contribution < -0.4 is 5.32 Å². The average Bonchev–Trinajstić information content (AvgIpc) is 2.87. The van der Waals surface area contributed by atoms with Gasteiger partial charge >= 0.3 is 0 Å². The third-order valence-electron chi connectivity index (χ3n) is 3.59. The lowest BCUT2D eigenvalue weighted by Crippen LogP contribution is -2.24. The van der Waals surface area contributed by atoms with Gasteiger partial charge in [0.1, 0.15) is 5.82 Å². The van der Waals surface area contributed by atoms with Crippen LogP contribution in [0.1, 0.15) is 37.1 Å². The van der Waals surface area contributed by atoms with Crippen molar-refractivity contribution < 1.29 is 4.39 Å². The SMILES string of the molecule is CCCNC(CCc1ccnn1C)c1cc(Br)ccc1F. The Morgan fingerprint density at radius 2 is 2.19 bits per heavy atom. The second-order valence-corrected chi connectivity index (χ2v) is 6.07. The number of hydrogen-bond acceptors (Lipinski definition) is 2. The van der Waals surface area contributed by atoms with Gasteiger partial charge in [0.25, 0.3) is 0 Å². The highest BCUT2D eigenvalue weighted by Gasteiger charge is 2.16. The van der Waals surface area contributed by atoms with Gasteiger partial charge in [0.15, 0.2) is 0 Å². The third-order valence-corrected chi connectivity index (χ3v) is 4.08. The first-order valence-electron chi connectivity index (χ1n) is 7.27. The highest BCUT2D eigenvalue weighted by molar-refractivity contribution is 9.10. The zero-order valence-corrected chi connectivity index (χ0v) is 14.0. The summed E-state index contributed by atoms with van der Waals surface area (Å²) in [5, 5.41) is 7.62. The number of halogens is 2. The summed E-state index contributed by atoms with van der Waals surface area (Å²) in [6.07, 6.45) is 4.53. The molecule has 1 unspecified atom stereocenters. The molecule has 1 aromatic carbocycles. The van der Waals surface area contributed by atoms with Crippen LogP contribution in [0.4, 0.5) is 4.39 Å². The molecule has 5 heteroatoms. The Morgan fingerprint density at radius 1 is 1.38 bits per heavy atom. The van der Waals surface area contributed by atoms with Gasteiger partial charge in [-0.15, -0.1) is 0 Å². The minimum Gasteiger partial charge on any atom is -0.310 e. The molecule has 1 atom stereocenters. The first-order chi connectivity index (χ1) is 10.1. The molecule has 0 fully saturated rings. The molecule has 0 saturated heterocycles. The van der Waals surface area contributed by atoms with Crippen molar-refractivity contribution in [1.29, 1.82) is 0 Å². The van der Waals surface area contributed by atoms with Gasteiger partial charge in [0, 0.05) is 35.0 Å². The standard InChI is InChI=1S/C16H21BrFN3/c1-3-9-19-16(7-5-13-8-10-20-21(13)2)14-11-12(17)4-6-15(14)18/h4,6,8,10-11,16,19H,3,5,7,9H2,1-2H3. The van der Waals surface area contributed by atoms with E-state index in [2.05, 4.69) is 33.3 Å². The third kappa shape index (κ3) is 4.38. The molecular weight excluding hydrogens is 333 g/mol. The Morgan fingerprint density at radius 3 is 2.86 bits per heavy atom. The summed E-state index contributed by atoms with van der Waals surface area (Å²) in [6, 6.07) is 7.14. The van der Waals surface area contributed by atoms with E-state index < -0.39 is 0 Å². The Bertz CT molecular complexity index is 583. The molecule has 1 aromatic heterocycles. The minimum absolute atomic E-state index is 0.0114. The zero-order valence-electron chi connectivity index (χ0n) is 12.4. The van der Waals surface area contributed by atoms with Crippen LogP contribution in [0.5, 0.6) is 0 Å². The van der Waals surface area contributed by atoms with Gasteiger partial charge in [0.05, 0.1) is 0 Å². The van der Waals surface area contributed by atoms with E-state index in [0.717, 1.165) is 41.5 Å². The molecule has 0 aliphatic heterocycles. The molecular formula is C16H21BrFN3. The van der Waals surface area contributed by atoms with Gasteiger partial charge in [0.2, 0.25) is 0 Å². The number of nitrogens with zero attached hydrogens (tertiary/aromatic N) is 2. The highest BCUT2D eigenvalue weighted by Crippen LogP contribution is 2.25. The fourth-order valence-electron chi connectivity index (χ4n) is 2.41. The number of benzene rings is 1. The summed E-state index contributed by atoms with van der Waals surface area (Å²) < 4.78 is 16.9. The smallest absolute Gasteiger partial charge is 0.128 e. The highest BCUT2D eigenvalue weighted by atomic mass is 79.9. The number of rotatable bonds is 7. The molecule has 1 heterocycles. The molecule has 0 saturated carbocycles. The average molecular weight is 354 g/mol. The molecule has 0 aliphatic rings. The molecule has 0 amide bonds. The Hall–Kier alpha value is -1.20. The van der Waals surface area contributed by atoms with Crippen LogP contribution in [0.15, 0.2) is 34.9 Å². The predicted octanol–water partition coefficient (Wildman–Crippen LogP) is 4.00. The lowest BCUT2D eigenvalue weighted by atomic mass is 10.00. The molecule has 21 heavy (non-hydrogen) atoms. The number of aryl methyl sites for hydroxylation is 2. The van der Waals surface area contributed by atoms with Crippen LogP contribution in [0.25, 0.3) is 0 Å². The summed E-state index contributed by atoms with van der Waals surface area (Å²) in [6.45, 7) is 2.99. The summed E-state index contributed by atoms with van der Waals surface area (Å²) in [7, 11) is 1.93. The van der Waals surface area contributed by atoms with Gasteiger partial charge in [-0.1, -0.05) is 22.9 Å². The number of nitrogens with one attached hydrogen (secondary N) is 1. The molecule has 1 N–H and O–H groups in total.